The van der Waals surface area contributed by atoms with E-state index in [-0.39, 0.29) is 11.4 Å². The Kier molecular flexibility index (Phi) is 4.23. The Morgan fingerprint density at radius 2 is 2.19 bits per heavy atom. The molecule has 6 heteroatoms. The number of aromatic nitrogens is 1. The molecule has 0 aromatic carbocycles. The van der Waals surface area contributed by atoms with Crippen molar-refractivity contribution in [3.63, 3.8) is 0 Å². The first-order chi connectivity index (χ1) is 7.49. The van der Waals surface area contributed by atoms with Gasteiger partial charge < -0.3 is 4.74 Å². The van der Waals surface area contributed by atoms with Gasteiger partial charge in [-0.15, -0.1) is 0 Å². The molecule has 16 heavy (non-hydrogen) atoms. The van der Waals surface area contributed by atoms with Crippen LogP contribution in [-0.2, 0) is 6.18 Å². The van der Waals surface area contributed by atoms with Crippen molar-refractivity contribution in [1.82, 2.24) is 4.98 Å². The summed E-state index contributed by atoms with van der Waals surface area (Å²) < 4.78 is 42.1. The Morgan fingerprint density at radius 3 is 2.69 bits per heavy atom. The minimum absolute atomic E-state index is 0.158. The summed E-state index contributed by atoms with van der Waals surface area (Å²) in [5, 5.41) is 0. The molecule has 1 heterocycles. The van der Waals surface area contributed by atoms with Crippen LogP contribution >= 0.6 is 12.6 Å². The van der Waals surface area contributed by atoms with E-state index in [9.17, 15) is 13.2 Å². The van der Waals surface area contributed by atoms with E-state index in [4.69, 9.17) is 4.74 Å². The highest BCUT2D eigenvalue weighted by Gasteiger charge is 2.31. The minimum atomic E-state index is -4.40. The van der Waals surface area contributed by atoms with Gasteiger partial charge in [0.2, 0.25) is 5.88 Å². The van der Waals surface area contributed by atoms with Crippen LogP contribution in [0.25, 0.3) is 6.08 Å². The van der Waals surface area contributed by atoms with E-state index in [1.54, 1.807) is 6.08 Å². The molecule has 0 unspecified atom stereocenters. The van der Waals surface area contributed by atoms with Crippen LogP contribution in [0.5, 0.6) is 5.88 Å². The zero-order valence-electron chi connectivity index (χ0n) is 8.45. The quantitative estimate of drug-likeness (QED) is 0.832. The van der Waals surface area contributed by atoms with Gasteiger partial charge >= 0.3 is 6.18 Å². The van der Waals surface area contributed by atoms with E-state index in [1.165, 1.54) is 13.2 Å². The lowest BCUT2D eigenvalue weighted by Gasteiger charge is -2.09. The SMILES string of the molecule is COc1ncc(C(F)(F)F)cc1C=CCS. The van der Waals surface area contributed by atoms with Crippen LogP contribution in [0.15, 0.2) is 18.3 Å². The second-order valence-electron chi connectivity index (χ2n) is 2.91. The number of pyridine rings is 1. The third-order valence-corrected chi connectivity index (χ3v) is 2.01. The monoisotopic (exact) mass is 249 g/mol. The van der Waals surface area contributed by atoms with Gasteiger partial charge in [0.15, 0.2) is 0 Å². The molecule has 0 aliphatic rings. The first-order valence-corrected chi connectivity index (χ1v) is 5.01. The van der Waals surface area contributed by atoms with E-state index in [0.717, 1.165) is 12.3 Å². The summed E-state index contributed by atoms with van der Waals surface area (Å²) in [7, 11) is 1.35. The molecular formula is C10H10F3NOS. The maximum absolute atomic E-state index is 12.4. The molecule has 1 aromatic rings. The van der Waals surface area contributed by atoms with Crippen LogP contribution in [0.2, 0.25) is 0 Å². The first kappa shape index (κ1) is 12.9. The van der Waals surface area contributed by atoms with Crippen molar-refractivity contribution >= 4 is 18.7 Å². The Balaban J connectivity index is 3.16. The average Bonchev–Trinajstić information content (AvgIpc) is 2.24. The van der Waals surface area contributed by atoms with Gasteiger partial charge in [-0.25, -0.2) is 4.98 Å². The van der Waals surface area contributed by atoms with Crippen LogP contribution in [0, 0.1) is 0 Å². The van der Waals surface area contributed by atoms with Gasteiger partial charge in [0.05, 0.1) is 12.7 Å². The topological polar surface area (TPSA) is 22.1 Å². The van der Waals surface area contributed by atoms with Gasteiger partial charge in [0, 0.05) is 17.5 Å². The summed E-state index contributed by atoms with van der Waals surface area (Å²) in [5.41, 5.74) is -0.515. The van der Waals surface area contributed by atoms with E-state index in [0.29, 0.717) is 5.75 Å². The molecule has 0 radical (unpaired) electrons. The van der Waals surface area contributed by atoms with E-state index in [2.05, 4.69) is 17.6 Å². The number of methoxy groups -OCH3 is 1. The van der Waals surface area contributed by atoms with Gasteiger partial charge in [0.1, 0.15) is 0 Å². The first-order valence-electron chi connectivity index (χ1n) is 4.37. The zero-order chi connectivity index (χ0) is 12.2. The van der Waals surface area contributed by atoms with Crippen molar-refractivity contribution in [2.75, 3.05) is 12.9 Å². The molecule has 2 nitrogen and oxygen atoms in total. The number of rotatable bonds is 3. The number of halogens is 3. The normalized spacial score (nSPS) is 12.1. The molecule has 0 N–H and O–H groups in total. The number of ether oxygens (including phenoxy) is 1. The van der Waals surface area contributed by atoms with E-state index >= 15 is 0 Å². The molecule has 0 atom stereocenters. The largest absolute Gasteiger partial charge is 0.481 e. The molecule has 0 spiro atoms. The summed E-state index contributed by atoms with van der Waals surface area (Å²) in [6.45, 7) is 0. The molecule has 0 saturated heterocycles. The van der Waals surface area contributed by atoms with Crippen LogP contribution in [-0.4, -0.2) is 17.8 Å². The fourth-order valence-electron chi connectivity index (χ4n) is 1.09. The van der Waals surface area contributed by atoms with Crippen LogP contribution in [0.1, 0.15) is 11.1 Å². The maximum atomic E-state index is 12.4. The molecule has 0 fully saturated rings. The lowest BCUT2D eigenvalue weighted by Crippen LogP contribution is -2.06. The molecule has 0 bridgehead atoms. The van der Waals surface area contributed by atoms with Gasteiger partial charge in [0.25, 0.3) is 0 Å². The third kappa shape index (κ3) is 3.16. The molecule has 0 saturated carbocycles. The van der Waals surface area contributed by atoms with Crippen LogP contribution < -0.4 is 4.74 Å². The standard InChI is InChI=1S/C10H10F3NOS/c1-15-9-7(3-2-4-16)5-8(6-14-9)10(11,12)13/h2-3,5-6,16H,4H2,1H3. The summed E-state index contributed by atoms with van der Waals surface area (Å²) in [6.07, 6.45) is -0.545. The second-order valence-corrected chi connectivity index (χ2v) is 3.27. The Morgan fingerprint density at radius 1 is 1.50 bits per heavy atom. The fraction of sp³-hybridized carbons (Fsp3) is 0.300. The lowest BCUT2D eigenvalue weighted by molar-refractivity contribution is -0.137. The van der Waals surface area contributed by atoms with Crippen LogP contribution in [0.3, 0.4) is 0 Å². The van der Waals surface area contributed by atoms with Gasteiger partial charge in [-0.2, -0.15) is 25.8 Å². The average molecular weight is 249 g/mol. The van der Waals surface area contributed by atoms with Crippen molar-refractivity contribution in [1.29, 1.82) is 0 Å². The Hall–Kier alpha value is -1.17. The number of hydrogen-bond donors (Lipinski definition) is 1. The van der Waals surface area contributed by atoms with Crippen molar-refractivity contribution < 1.29 is 17.9 Å². The minimum Gasteiger partial charge on any atom is -0.481 e. The molecule has 0 amide bonds. The summed E-state index contributed by atoms with van der Waals surface area (Å²) in [6, 6.07) is 0.992. The van der Waals surface area contributed by atoms with Crippen molar-refractivity contribution in [3.8, 4) is 5.88 Å². The number of hydrogen-bond acceptors (Lipinski definition) is 3. The second kappa shape index (κ2) is 5.25. The van der Waals surface area contributed by atoms with Gasteiger partial charge in [-0.1, -0.05) is 12.2 Å². The molecule has 1 rings (SSSR count). The van der Waals surface area contributed by atoms with E-state index in [1.807, 2.05) is 0 Å². The molecule has 1 aromatic heterocycles. The highest BCUT2D eigenvalue weighted by Crippen LogP contribution is 2.31. The van der Waals surface area contributed by atoms with Crippen molar-refractivity contribution in [2.45, 2.75) is 6.18 Å². The Bertz CT molecular complexity index is 390. The highest BCUT2D eigenvalue weighted by molar-refractivity contribution is 7.80. The predicted octanol–water partition coefficient (Wildman–Crippen LogP) is 3.05. The summed E-state index contributed by atoms with van der Waals surface area (Å²) in [5.74, 6) is 0.588. The number of nitrogens with zero attached hydrogens (tertiary/aromatic N) is 1. The van der Waals surface area contributed by atoms with Crippen molar-refractivity contribution in [2.24, 2.45) is 0 Å². The Labute approximate surface area is 96.6 Å². The van der Waals surface area contributed by atoms with E-state index < -0.39 is 11.7 Å². The predicted molar refractivity (Wildman–Crippen MR) is 58.7 cm³/mol. The molecule has 0 aliphatic carbocycles. The molecule has 88 valence electrons. The number of alkyl halides is 3. The van der Waals surface area contributed by atoms with Crippen molar-refractivity contribution in [3.05, 3.63) is 29.5 Å². The smallest absolute Gasteiger partial charge is 0.417 e. The molecule has 0 aliphatic heterocycles. The summed E-state index contributed by atoms with van der Waals surface area (Å²) >= 11 is 3.93. The molecular weight excluding hydrogens is 239 g/mol. The van der Waals surface area contributed by atoms with Gasteiger partial charge in [-0.05, 0) is 6.07 Å². The third-order valence-electron chi connectivity index (χ3n) is 1.80. The highest BCUT2D eigenvalue weighted by atomic mass is 32.1. The lowest BCUT2D eigenvalue weighted by atomic mass is 10.2. The van der Waals surface area contributed by atoms with Crippen LogP contribution in [0.4, 0.5) is 13.2 Å². The maximum Gasteiger partial charge on any atom is 0.417 e. The fourth-order valence-corrected chi connectivity index (χ4v) is 1.20. The van der Waals surface area contributed by atoms with Gasteiger partial charge in [-0.3, -0.25) is 0 Å². The zero-order valence-corrected chi connectivity index (χ0v) is 9.35. The number of thiol groups is 1. The summed E-state index contributed by atoms with van der Waals surface area (Å²) in [4.78, 5) is 3.60.